The molecule has 1 fully saturated rings. The Hall–Kier alpha value is -0.670. The molecule has 1 aliphatic carbocycles. The molecular weight excluding hydrogens is 220 g/mol. The van der Waals surface area contributed by atoms with Crippen LogP contribution in [0.1, 0.15) is 31.2 Å². The first-order valence-electron chi connectivity index (χ1n) is 4.86. The summed E-state index contributed by atoms with van der Waals surface area (Å²) in [6, 6.07) is 3.64. The Balaban J connectivity index is 0.00000112. The second-order valence-electron chi connectivity index (χ2n) is 3.99. The molecule has 1 aliphatic rings. The van der Waals surface area contributed by atoms with E-state index in [0.717, 1.165) is 31.7 Å². The third kappa shape index (κ3) is 2.29. The molecule has 0 aliphatic heterocycles. The van der Waals surface area contributed by atoms with Crippen LogP contribution in [0, 0.1) is 11.6 Å². The van der Waals surface area contributed by atoms with E-state index in [1.807, 2.05) is 0 Å². The Kier molecular flexibility index (Phi) is 3.68. The van der Waals surface area contributed by atoms with Crippen LogP contribution in [0.3, 0.4) is 0 Å². The summed E-state index contributed by atoms with van der Waals surface area (Å²) in [5.74, 6) is -1.07. The molecule has 0 amide bonds. The number of hydrogen-bond donors (Lipinski definition) is 1. The van der Waals surface area contributed by atoms with E-state index in [4.69, 9.17) is 5.73 Å². The third-order valence-electron chi connectivity index (χ3n) is 2.96. The van der Waals surface area contributed by atoms with Crippen LogP contribution in [-0.4, -0.2) is 0 Å². The lowest BCUT2D eigenvalue weighted by Crippen LogP contribution is -2.34. The molecule has 1 aromatic rings. The van der Waals surface area contributed by atoms with Gasteiger partial charge in [-0.15, -0.1) is 12.4 Å². The van der Waals surface area contributed by atoms with Gasteiger partial charge in [-0.25, -0.2) is 8.78 Å². The quantitative estimate of drug-likeness (QED) is 0.793. The van der Waals surface area contributed by atoms with Gasteiger partial charge in [0.05, 0.1) is 0 Å². The molecule has 0 heterocycles. The smallest absolute Gasteiger partial charge is 0.131 e. The van der Waals surface area contributed by atoms with E-state index < -0.39 is 17.2 Å². The highest BCUT2D eigenvalue weighted by Gasteiger charge is 2.33. The fourth-order valence-corrected chi connectivity index (χ4v) is 2.17. The first kappa shape index (κ1) is 12.4. The highest BCUT2D eigenvalue weighted by Crippen LogP contribution is 2.37. The minimum absolute atomic E-state index is 0. The number of hydrogen-bond acceptors (Lipinski definition) is 1. The van der Waals surface area contributed by atoms with E-state index >= 15 is 0 Å². The van der Waals surface area contributed by atoms with Crippen molar-refractivity contribution in [3.8, 4) is 0 Å². The van der Waals surface area contributed by atoms with Gasteiger partial charge in [-0.05, 0) is 18.9 Å². The molecule has 84 valence electrons. The summed E-state index contributed by atoms with van der Waals surface area (Å²) in [6.07, 6.45) is 3.62. The van der Waals surface area contributed by atoms with E-state index in [0.29, 0.717) is 5.56 Å². The lowest BCUT2D eigenvalue weighted by atomic mass is 9.89. The molecule has 15 heavy (non-hydrogen) atoms. The largest absolute Gasteiger partial charge is 0.321 e. The highest BCUT2D eigenvalue weighted by molar-refractivity contribution is 5.85. The van der Waals surface area contributed by atoms with Crippen molar-refractivity contribution < 1.29 is 8.78 Å². The van der Waals surface area contributed by atoms with Gasteiger partial charge in [-0.3, -0.25) is 0 Å². The fraction of sp³-hybridized carbons (Fsp3) is 0.455. The zero-order valence-corrected chi connectivity index (χ0v) is 9.12. The summed E-state index contributed by atoms with van der Waals surface area (Å²) < 4.78 is 26.1. The van der Waals surface area contributed by atoms with E-state index in [-0.39, 0.29) is 12.4 Å². The molecule has 0 bridgehead atoms. The standard InChI is InChI=1S/C11H13F2N.ClH/c12-8-3-4-9(10(13)7-8)11(14)5-1-2-6-11;/h3-4,7H,1-2,5-6,14H2;1H. The second-order valence-corrected chi connectivity index (χ2v) is 3.99. The van der Waals surface area contributed by atoms with Crippen molar-refractivity contribution in [1.82, 2.24) is 0 Å². The third-order valence-corrected chi connectivity index (χ3v) is 2.96. The predicted molar refractivity (Wildman–Crippen MR) is 57.9 cm³/mol. The maximum atomic E-state index is 13.4. The van der Waals surface area contributed by atoms with Gasteiger partial charge in [0, 0.05) is 17.2 Å². The van der Waals surface area contributed by atoms with Crippen molar-refractivity contribution in [2.75, 3.05) is 0 Å². The summed E-state index contributed by atoms with van der Waals surface area (Å²) >= 11 is 0. The molecule has 0 unspecified atom stereocenters. The monoisotopic (exact) mass is 233 g/mol. The van der Waals surface area contributed by atoms with Gasteiger partial charge in [-0.1, -0.05) is 18.9 Å². The first-order valence-corrected chi connectivity index (χ1v) is 4.86. The van der Waals surface area contributed by atoms with Crippen molar-refractivity contribution >= 4 is 12.4 Å². The van der Waals surface area contributed by atoms with Crippen molar-refractivity contribution in [2.24, 2.45) is 5.73 Å². The Morgan fingerprint density at radius 2 is 1.73 bits per heavy atom. The Bertz CT molecular complexity index is 348. The van der Waals surface area contributed by atoms with Gasteiger partial charge >= 0.3 is 0 Å². The Morgan fingerprint density at radius 1 is 1.13 bits per heavy atom. The van der Waals surface area contributed by atoms with E-state index in [9.17, 15) is 8.78 Å². The minimum atomic E-state index is -0.572. The molecule has 4 heteroatoms. The zero-order valence-electron chi connectivity index (χ0n) is 8.30. The van der Waals surface area contributed by atoms with Gasteiger partial charge in [-0.2, -0.15) is 0 Å². The molecule has 1 saturated carbocycles. The molecule has 0 atom stereocenters. The van der Waals surface area contributed by atoms with Crippen LogP contribution in [0.2, 0.25) is 0 Å². The predicted octanol–water partition coefficient (Wildman–Crippen LogP) is 3.11. The number of halogens is 3. The van der Waals surface area contributed by atoms with Gasteiger partial charge in [0.2, 0.25) is 0 Å². The topological polar surface area (TPSA) is 26.0 Å². The summed E-state index contributed by atoms with van der Waals surface area (Å²) in [5.41, 5.74) is 5.95. The van der Waals surface area contributed by atoms with Crippen molar-refractivity contribution in [2.45, 2.75) is 31.2 Å². The minimum Gasteiger partial charge on any atom is -0.321 e. The van der Waals surface area contributed by atoms with Crippen LogP contribution in [0.25, 0.3) is 0 Å². The van der Waals surface area contributed by atoms with Gasteiger partial charge in [0.25, 0.3) is 0 Å². The van der Waals surface area contributed by atoms with Crippen LogP contribution in [-0.2, 0) is 5.54 Å². The van der Waals surface area contributed by atoms with Crippen molar-refractivity contribution in [3.05, 3.63) is 35.4 Å². The maximum absolute atomic E-state index is 13.4. The summed E-state index contributed by atoms with van der Waals surface area (Å²) in [5, 5.41) is 0. The zero-order chi connectivity index (χ0) is 10.2. The summed E-state index contributed by atoms with van der Waals surface area (Å²) in [6.45, 7) is 0. The fourth-order valence-electron chi connectivity index (χ4n) is 2.17. The van der Waals surface area contributed by atoms with Crippen LogP contribution < -0.4 is 5.73 Å². The molecule has 2 rings (SSSR count). The number of benzene rings is 1. The molecular formula is C11H14ClF2N. The van der Waals surface area contributed by atoms with Gasteiger partial charge in [0.15, 0.2) is 0 Å². The summed E-state index contributed by atoms with van der Waals surface area (Å²) in [7, 11) is 0. The Morgan fingerprint density at radius 3 is 2.27 bits per heavy atom. The number of nitrogens with two attached hydrogens (primary N) is 1. The number of rotatable bonds is 1. The van der Waals surface area contributed by atoms with Crippen LogP contribution in [0.4, 0.5) is 8.78 Å². The van der Waals surface area contributed by atoms with E-state index in [1.165, 1.54) is 12.1 Å². The van der Waals surface area contributed by atoms with Crippen molar-refractivity contribution in [3.63, 3.8) is 0 Å². The summed E-state index contributed by atoms with van der Waals surface area (Å²) in [4.78, 5) is 0. The average Bonchev–Trinajstić information content (AvgIpc) is 2.52. The highest BCUT2D eigenvalue weighted by atomic mass is 35.5. The lowest BCUT2D eigenvalue weighted by molar-refractivity contribution is 0.430. The lowest BCUT2D eigenvalue weighted by Gasteiger charge is -2.24. The van der Waals surface area contributed by atoms with E-state index in [1.54, 1.807) is 0 Å². The maximum Gasteiger partial charge on any atom is 0.131 e. The second kappa shape index (κ2) is 4.45. The van der Waals surface area contributed by atoms with Crippen LogP contribution in [0.15, 0.2) is 18.2 Å². The molecule has 2 N–H and O–H groups in total. The van der Waals surface area contributed by atoms with Gasteiger partial charge < -0.3 is 5.73 Å². The Labute approximate surface area is 94.1 Å². The molecule has 0 saturated heterocycles. The van der Waals surface area contributed by atoms with Crippen LogP contribution >= 0.6 is 12.4 Å². The molecule has 0 spiro atoms. The normalized spacial score (nSPS) is 18.6. The first-order chi connectivity index (χ1) is 6.62. The average molecular weight is 234 g/mol. The van der Waals surface area contributed by atoms with Crippen molar-refractivity contribution in [1.29, 1.82) is 0 Å². The van der Waals surface area contributed by atoms with E-state index in [2.05, 4.69) is 0 Å². The molecule has 1 nitrogen and oxygen atoms in total. The molecule has 1 aromatic carbocycles. The van der Waals surface area contributed by atoms with Crippen LogP contribution in [0.5, 0.6) is 0 Å². The SMILES string of the molecule is Cl.NC1(c2ccc(F)cc2F)CCCC1. The molecule has 0 radical (unpaired) electrons. The van der Waals surface area contributed by atoms with Gasteiger partial charge in [0.1, 0.15) is 11.6 Å². The molecule has 0 aromatic heterocycles.